The van der Waals surface area contributed by atoms with Crippen LogP contribution in [0.1, 0.15) is 112 Å². The molecular weight excluding hydrogens is 424 g/mol. The predicted octanol–water partition coefficient (Wildman–Crippen LogP) is 9.15. The lowest BCUT2D eigenvalue weighted by Gasteiger charge is -2.30. The molecule has 0 radical (unpaired) electrons. The zero-order valence-corrected chi connectivity index (χ0v) is 19.7. The average Bonchev–Trinajstić information content (AvgIpc) is 2.81. The highest BCUT2D eigenvalue weighted by Gasteiger charge is 2.30. The number of fused-ring (bicyclic) bond motifs is 1. The van der Waals surface area contributed by atoms with E-state index in [2.05, 4.69) is 6.92 Å². The first kappa shape index (κ1) is 24.3. The van der Waals surface area contributed by atoms with E-state index in [0.29, 0.717) is 30.4 Å². The molecule has 2 aromatic carbocycles. The minimum atomic E-state index is -0.861. The first-order valence-corrected chi connectivity index (χ1v) is 12.9. The second-order valence-corrected chi connectivity index (χ2v) is 10.3. The molecule has 1 unspecified atom stereocenters. The van der Waals surface area contributed by atoms with Gasteiger partial charge in [-0.1, -0.05) is 51.5 Å². The molecule has 0 aliphatic heterocycles. The van der Waals surface area contributed by atoms with E-state index in [0.717, 1.165) is 43.2 Å². The summed E-state index contributed by atoms with van der Waals surface area (Å²) >= 11 is 0. The van der Waals surface area contributed by atoms with Gasteiger partial charge in [-0.3, -0.25) is 0 Å². The first-order chi connectivity index (χ1) is 16.0. The third-order valence-electron chi connectivity index (χ3n) is 8.05. The third-order valence-corrected chi connectivity index (χ3v) is 8.05. The fourth-order valence-corrected chi connectivity index (χ4v) is 6.08. The molecule has 1 fully saturated rings. The summed E-state index contributed by atoms with van der Waals surface area (Å²) in [5, 5.41) is 0. The van der Waals surface area contributed by atoms with E-state index in [1.165, 1.54) is 50.7 Å². The van der Waals surface area contributed by atoms with E-state index in [9.17, 15) is 8.78 Å². The van der Waals surface area contributed by atoms with Gasteiger partial charge in [0.1, 0.15) is 11.6 Å². The standard InChI is InChI=1S/C29H36F4/c1-2-3-4-5-6-7-19-8-10-20(11-9-19)23-17-26(31)28(27(32)18-23)22-12-14-24-21(16-22)13-15-25(30)29(24)33/h13,15,17-20,22H,2-12,14,16H2,1H3. The zero-order chi connectivity index (χ0) is 23.4. The van der Waals surface area contributed by atoms with Crippen molar-refractivity contribution in [2.45, 2.75) is 102 Å². The van der Waals surface area contributed by atoms with Gasteiger partial charge in [-0.05, 0) is 97.6 Å². The van der Waals surface area contributed by atoms with E-state index in [1.54, 1.807) is 6.07 Å². The van der Waals surface area contributed by atoms with Gasteiger partial charge < -0.3 is 0 Å². The largest absolute Gasteiger partial charge is 0.207 e. The van der Waals surface area contributed by atoms with Crippen molar-refractivity contribution < 1.29 is 17.6 Å². The van der Waals surface area contributed by atoms with E-state index in [4.69, 9.17) is 0 Å². The molecule has 4 heteroatoms. The molecule has 0 heterocycles. The number of halogens is 4. The fraction of sp³-hybridized carbons (Fsp3) is 0.586. The van der Waals surface area contributed by atoms with Crippen molar-refractivity contribution in [2.24, 2.45) is 5.92 Å². The summed E-state index contributed by atoms with van der Waals surface area (Å²) in [6, 6.07) is 5.73. The number of hydrogen-bond donors (Lipinski definition) is 0. The van der Waals surface area contributed by atoms with Crippen molar-refractivity contribution in [1.29, 1.82) is 0 Å². The molecule has 0 saturated heterocycles. The van der Waals surface area contributed by atoms with Crippen LogP contribution >= 0.6 is 0 Å². The van der Waals surface area contributed by atoms with E-state index >= 15 is 8.78 Å². The van der Waals surface area contributed by atoms with Crippen LogP contribution < -0.4 is 0 Å². The predicted molar refractivity (Wildman–Crippen MR) is 126 cm³/mol. The van der Waals surface area contributed by atoms with Crippen LogP contribution in [-0.4, -0.2) is 0 Å². The third kappa shape index (κ3) is 5.63. The van der Waals surface area contributed by atoms with Gasteiger partial charge in [0, 0.05) is 5.56 Å². The summed E-state index contributed by atoms with van der Waals surface area (Å²) < 4.78 is 57.8. The maximum Gasteiger partial charge on any atom is 0.162 e. The van der Waals surface area contributed by atoms with Crippen LogP contribution in [0.15, 0.2) is 24.3 Å². The van der Waals surface area contributed by atoms with Crippen LogP contribution in [0.4, 0.5) is 17.6 Å². The molecule has 0 spiro atoms. The van der Waals surface area contributed by atoms with Crippen molar-refractivity contribution in [3.8, 4) is 0 Å². The number of rotatable bonds is 8. The molecule has 1 saturated carbocycles. The van der Waals surface area contributed by atoms with E-state index in [-0.39, 0.29) is 17.4 Å². The Kier molecular flexibility index (Phi) is 8.14. The lowest BCUT2D eigenvalue weighted by Crippen LogP contribution is -2.18. The van der Waals surface area contributed by atoms with Crippen molar-refractivity contribution >= 4 is 0 Å². The maximum atomic E-state index is 15.1. The van der Waals surface area contributed by atoms with Crippen LogP contribution in [-0.2, 0) is 12.8 Å². The second kappa shape index (κ2) is 11.1. The molecule has 4 rings (SSSR count). The summed E-state index contributed by atoms with van der Waals surface area (Å²) in [6.45, 7) is 2.23. The monoisotopic (exact) mass is 460 g/mol. The molecule has 0 bridgehead atoms. The highest BCUT2D eigenvalue weighted by Crippen LogP contribution is 2.41. The lowest BCUT2D eigenvalue weighted by molar-refractivity contribution is 0.301. The van der Waals surface area contributed by atoms with Crippen LogP contribution in [0.2, 0.25) is 0 Å². The maximum absolute atomic E-state index is 15.1. The summed E-state index contributed by atoms with van der Waals surface area (Å²) in [7, 11) is 0. The quantitative estimate of drug-likeness (QED) is 0.272. The molecule has 0 amide bonds. The normalized spacial score (nSPS) is 22.9. The average molecular weight is 461 g/mol. The fourth-order valence-electron chi connectivity index (χ4n) is 6.08. The Morgan fingerprint density at radius 1 is 0.758 bits per heavy atom. The van der Waals surface area contributed by atoms with Crippen molar-refractivity contribution in [2.75, 3.05) is 0 Å². The summed E-state index contributed by atoms with van der Waals surface area (Å²) in [5.74, 6) is -2.02. The smallest absolute Gasteiger partial charge is 0.162 e. The summed E-state index contributed by atoms with van der Waals surface area (Å²) in [4.78, 5) is 0. The van der Waals surface area contributed by atoms with Crippen LogP contribution in [0.5, 0.6) is 0 Å². The van der Waals surface area contributed by atoms with Gasteiger partial charge in [-0.15, -0.1) is 0 Å². The molecule has 33 heavy (non-hydrogen) atoms. The number of hydrogen-bond acceptors (Lipinski definition) is 0. The molecule has 2 aromatic rings. The Bertz CT molecular complexity index is 920. The summed E-state index contributed by atoms with van der Waals surface area (Å²) in [5.41, 5.74) is 1.89. The van der Waals surface area contributed by atoms with E-state index < -0.39 is 23.3 Å². The molecule has 0 aromatic heterocycles. The topological polar surface area (TPSA) is 0 Å². The minimum Gasteiger partial charge on any atom is -0.207 e. The van der Waals surface area contributed by atoms with Gasteiger partial charge in [-0.2, -0.15) is 0 Å². The Balaban J connectivity index is 1.38. The lowest BCUT2D eigenvalue weighted by atomic mass is 9.75. The van der Waals surface area contributed by atoms with Crippen LogP contribution in [0.25, 0.3) is 0 Å². The molecule has 2 aliphatic carbocycles. The minimum absolute atomic E-state index is 0.106. The van der Waals surface area contributed by atoms with Gasteiger partial charge in [0.05, 0.1) is 0 Å². The van der Waals surface area contributed by atoms with Crippen LogP contribution in [0, 0.1) is 29.2 Å². The second-order valence-electron chi connectivity index (χ2n) is 10.3. The van der Waals surface area contributed by atoms with Gasteiger partial charge >= 0.3 is 0 Å². The SMILES string of the molecule is CCCCCCCC1CCC(c2cc(F)c(C3CCc4c(ccc(F)c4F)C3)c(F)c2)CC1. The van der Waals surface area contributed by atoms with Gasteiger partial charge in [0.25, 0.3) is 0 Å². The van der Waals surface area contributed by atoms with Gasteiger partial charge in [-0.25, -0.2) is 17.6 Å². The molecular formula is C29H36F4. The van der Waals surface area contributed by atoms with Gasteiger partial charge in [0.2, 0.25) is 0 Å². The highest BCUT2D eigenvalue weighted by molar-refractivity contribution is 5.38. The Labute approximate surface area is 195 Å². The van der Waals surface area contributed by atoms with Crippen LogP contribution in [0.3, 0.4) is 0 Å². The zero-order valence-electron chi connectivity index (χ0n) is 19.7. The van der Waals surface area contributed by atoms with Crippen molar-refractivity contribution in [3.63, 3.8) is 0 Å². The first-order valence-electron chi connectivity index (χ1n) is 12.9. The number of benzene rings is 2. The Hall–Kier alpha value is -1.84. The van der Waals surface area contributed by atoms with E-state index in [1.807, 2.05) is 0 Å². The number of unbranched alkanes of at least 4 members (excludes halogenated alkanes) is 4. The molecule has 0 nitrogen and oxygen atoms in total. The Morgan fingerprint density at radius 2 is 1.45 bits per heavy atom. The summed E-state index contributed by atoms with van der Waals surface area (Å²) in [6.07, 6.45) is 13.2. The molecule has 180 valence electrons. The molecule has 1 atom stereocenters. The molecule has 0 N–H and O–H groups in total. The molecule has 2 aliphatic rings. The Morgan fingerprint density at radius 3 is 2.15 bits per heavy atom. The van der Waals surface area contributed by atoms with Gasteiger partial charge in [0.15, 0.2) is 11.6 Å². The highest BCUT2D eigenvalue weighted by atomic mass is 19.2. The van der Waals surface area contributed by atoms with Crippen molar-refractivity contribution in [1.82, 2.24) is 0 Å². The van der Waals surface area contributed by atoms with Crippen molar-refractivity contribution in [3.05, 3.63) is 69.8 Å².